The molecule has 1 aliphatic heterocycles. The van der Waals surface area contributed by atoms with E-state index in [-0.39, 0.29) is 17.9 Å². The molecule has 7 N–H and O–H groups in total. The van der Waals surface area contributed by atoms with Crippen molar-refractivity contribution in [2.24, 2.45) is 11.5 Å². The minimum Gasteiger partial charge on any atom is -0.462 e. The number of hydrogen-bond acceptors (Lipinski definition) is 10. The van der Waals surface area contributed by atoms with E-state index in [1.54, 1.807) is 31.3 Å². The fourth-order valence-corrected chi connectivity index (χ4v) is 2.85. The highest BCUT2D eigenvalue weighted by Crippen LogP contribution is 2.32. The SMILES string of the molecule is CCOC(=O)c1ccc(F)c(NC2NN(C)c3nc(NC(/C=C\N)=C/N)ncc32)c1. The van der Waals surface area contributed by atoms with Gasteiger partial charge in [0, 0.05) is 19.4 Å². The Bertz CT molecular complexity index is 994. The number of nitrogens with zero attached hydrogens (tertiary/aromatic N) is 3. The number of halogens is 1. The van der Waals surface area contributed by atoms with Crippen molar-refractivity contribution in [3.05, 3.63) is 65.5 Å². The molecule has 11 heteroatoms. The molecular weight excluding hydrogens is 391 g/mol. The molecule has 1 unspecified atom stereocenters. The maximum Gasteiger partial charge on any atom is 0.338 e. The van der Waals surface area contributed by atoms with Crippen LogP contribution in [0, 0.1) is 5.82 Å². The van der Waals surface area contributed by atoms with Gasteiger partial charge >= 0.3 is 5.97 Å². The lowest BCUT2D eigenvalue weighted by Crippen LogP contribution is -2.34. The number of fused-ring (bicyclic) bond motifs is 1. The topological polar surface area (TPSA) is 143 Å². The quantitative estimate of drug-likeness (QED) is 0.334. The number of aromatic nitrogens is 2. The molecule has 1 aliphatic rings. The van der Waals surface area contributed by atoms with Gasteiger partial charge in [0.2, 0.25) is 5.95 Å². The van der Waals surface area contributed by atoms with Gasteiger partial charge < -0.3 is 26.8 Å². The standard InChI is InChI=1S/C19H23FN8O2/c1-3-30-18(29)11-4-5-14(20)15(8-11)25-16-13-10-23-19(24-12(9-22)6-7-21)26-17(13)28(2)27-16/h4-10,16,25,27H,3,21-22H2,1-2H3,(H,23,24,26)/b7-6-,12-9+. The average Bonchev–Trinajstić information content (AvgIpc) is 3.04. The van der Waals surface area contributed by atoms with Crippen molar-refractivity contribution in [3.8, 4) is 0 Å². The van der Waals surface area contributed by atoms with Crippen LogP contribution in [0.2, 0.25) is 0 Å². The zero-order valence-corrected chi connectivity index (χ0v) is 16.5. The zero-order chi connectivity index (χ0) is 21.7. The minimum atomic E-state index is -0.521. The number of carbonyl (C=O) groups is 1. The van der Waals surface area contributed by atoms with Crippen LogP contribution in [0.5, 0.6) is 0 Å². The lowest BCUT2D eigenvalue weighted by molar-refractivity contribution is 0.0526. The van der Waals surface area contributed by atoms with Crippen molar-refractivity contribution in [1.29, 1.82) is 0 Å². The van der Waals surface area contributed by atoms with E-state index in [2.05, 4.69) is 26.0 Å². The number of allylic oxidation sites excluding steroid dienone is 1. The van der Waals surface area contributed by atoms with E-state index in [9.17, 15) is 9.18 Å². The third-order valence-electron chi connectivity index (χ3n) is 4.24. The Morgan fingerprint density at radius 1 is 1.43 bits per heavy atom. The molecule has 3 rings (SSSR count). The highest BCUT2D eigenvalue weighted by molar-refractivity contribution is 5.90. The van der Waals surface area contributed by atoms with E-state index >= 15 is 0 Å². The fraction of sp³-hybridized carbons (Fsp3) is 0.211. The van der Waals surface area contributed by atoms with Gasteiger partial charge in [0.25, 0.3) is 0 Å². The second kappa shape index (κ2) is 9.09. The number of nitrogens with two attached hydrogens (primary N) is 2. The molecule has 30 heavy (non-hydrogen) atoms. The molecule has 1 aromatic carbocycles. The van der Waals surface area contributed by atoms with Crippen LogP contribution >= 0.6 is 0 Å². The summed E-state index contributed by atoms with van der Waals surface area (Å²) in [5.74, 6) is -0.133. The van der Waals surface area contributed by atoms with Crippen LogP contribution in [0.25, 0.3) is 0 Å². The van der Waals surface area contributed by atoms with Gasteiger partial charge in [0.1, 0.15) is 12.0 Å². The summed E-state index contributed by atoms with van der Waals surface area (Å²) in [5, 5.41) is 7.65. The van der Waals surface area contributed by atoms with E-state index in [4.69, 9.17) is 16.2 Å². The number of esters is 1. The van der Waals surface area contributed by atoms with E-state index < -0.39 is 18.0 Å². The van der Waals surface area contributed by atoms with Gasteiger partial charge in [0.05, 0.1) is 29.1 Å². The van der Waals surface area contributed by atoms with Gasteiger partial charge in [-0.2, -0.15) is 4.98 Å². The molecule has 0 radical (unpaired) electrons. The monoisotopic (exact) mass is 414 g/mol. The normalized spacial score (nSPS) is 15.9. The molecule has 0 bridgehead atoms. The van der Waals surface area contributed by atoms with Crippen molar-refractivity contribution < 1.29 is 13.9 Å². The predicted octanol–water partition coefficient (Wildman–Crippen LogP) is 1.54. The fourth-order valence-electron chi connectivity index (χ4n) is 2.85. The summed E-state index contributed by atoms with van der Waals surface area (Å²) in [5.41, 5.74) is 15.6. The molecule has 158 valence electrons. The van der Waals surface area contributed by atoms with Crippen LogP contribution in [0.4, 0.5) is 21.8 Å². The molecule has 0 saturated heterocycles. The molecule has 1 atom stereocenters. The maximum absolute atomic E-state index is 14.3. The van der Waals surface area contributed by atoms with Crippen molar-refractivity contribution >= 4 is 23.4 Å². The number of ether oxygens (including phenoxy) is 1. The average molecular weight is 414 g/mol. The molecule has 0 spiro atoms. The minimum absolute atomic E-state index is 0.142. The number of hydrazine groups is 1. The number of anilines is 3. The van der Waals surface area contributed by atoms with Crippen molar-refractivity contribution in [3.63, 3.8) is 0 Å². The van der Waals surface area contributed by atoms with Gasteiger partial charge in [-0.15, -0.1) is 0 Å². The Morgan fingerprint density at radius 3 is 2.93 bits per heavy atom. The molecule has 0 fully saturated rings. The zero-order valence-electron chi connectivity index (χ0n) is 16.5. The van der Waals surface area contributed by atoms with Crippen molar-refractivity contribution in [2.45, 2.75) is 13.1 Å². The number of nitrogens with one attached hydrogen (secondary N) is 3. The lowest BCUT2D eigenvalue weighted by Gasteiger charge is -2.18. The third kappa shape index (κ3) is 4.41. The first-order chi connectivity index (χ1) is 14.5. The number of carbonyl (C=O) groups excluding carboxylic acids is 1. The summed E-state index contributed by atoms with van der Waals surface area (Å²) in [7, 11) is 1.77. The van der Waals surface area contributed by atoms with Crippen LogP contribution in [0.15, 0.2) is 48.6 Å². The summed E-state index contributed by atoms with van der Waals surface area (Å²) < 4.78 is 19.3. The Kier molecular flexibility index (Phi) is 6.32. The van der Waals surface area contributed by atoms with E-state index in [0.29, 0.717) is 23.0 Å². The number of benzene rings is 1. The van der Waals surface area contributed by atoms with Gasteiger partial charge in [-0.1, -0.05) is 0 Å². The van der Waals surface area contributed by atoms with Crippen molar-refractivity contribution in [1.82, 2.24) is 15.4 Å². The van der Waals surface area contributed by atoms with Crippen molar-refractivity contribution in [2.75, 3.05) is 29.3 Å². The molecule has 1 aromatic heterocycles. The van der Waals surface area contributed by atoms with Crippen LogP contribution in [-0.4, -0.2) is 29.6 Å². The maximum atomic E-state index is 14.3. The lowest BCUT2D eigenvalue weighted by atomic mass is 10.1. The highest BCUT2D eigenvalue weighted by atomic mass is 19.1. The largest absolute Gasteiger partial charge is 0.462 e. The Morgan fingerprint density at radius 2 is 2.23 bits per heavy atom. The summed E-state index contributed by atoms with van der Waals surface area (Å²) in [4.78, 5) is 20.7. The van der Waals surface area contributed by atoms with Gasteiger partial charge in [-0.3, -0.25) is 5.01 Å². The molecule has 2 aromatic rings. The Hall–Kier alpha value is -3.86. The summed E-state index contributed by atoms with van der Waals surface area (Å²) >= 11 is 0. The smallest absolute Gasteiger partial charge is 0.338 e. The highest BCUT2D eigenvalue weighted by Gasteiger charge is 2.29. The summed E-state index contributed by atoms with van der Waals surface area (Å²) in [6.45, 7) is 1.94. The number of hydrogen-bond donors (Lipinski definition) is 5. The second-order valence-electron chi connectivity index (χ2n) is 6.26. The number of rotatable bonds is 7. The van der Waals surface area contributed by atoms with Crippen LogP contribution < -0.4 is 32.5 Å². The second-order valence-corrected chi connectivity index (χ2v) is 6.26. The molecule has 0 amide bonds. The Labute approximate surface area is 172 Å². The third-order valence-corrected chi connectivity index (χ3v) is 4.24. The Balaban J connectivity index is 1.83. The van der Waals surface area contributed by atoms with Gasteiger partial charge in [0.15, 0.2) is 5.82 Å². The summed E-state index contributed by atoms with van der Waals surface area (Å²) in [6, 6.07) is 3.99. The van der Waals surface area contributed by atoms with E-state index in [1.165, 1.54) is 30.6 Å². The molecule has 2 heterocycles. The van der Waals surface area contributed by atoms with Gasteiger partial charge in [-0.05, 0) is 37.4 Å². The van der Waals surface area contributed by atoms with E-state index in [1.807, 2.05) is 0 Å². The first-order valence-corrected chi connectivity index (χ1v) is 9.14. The molecule has 10 nitrogen and oxygen atoms in total. The summed E-state index contributed by atoms with van der Waals surface area (Å²) in [6.07, 6.45) is 5.34. The molecule has 0 aliphatic carbocycles. The molecular formula is C19H23FN8O2. The predicted molar refractivity (Wildman–Crippen MR) is 112 cm³/mol. The first-order valence-electron chi connectivity index (χ1n) is 9.14. The van der Waals surface area contributed by atoms with E-state index in [0.717, 1.165) is 0 Å². The van der Waals surface area contributed by atoms with Crippen LogP contribution in [0.3, 0.4) is 0 Å². The van der Waals surface area contributed by atoms with Gasteiger partial charge in [-0.25, -0.2) is 19.6 Å². The van der Waals surface area contributed by atoms with Crippen LogP contribution in [-0.2, 0) is 4.74 Å². The van der Waals surface area contributed by atoms with Crippen LogP contribution in [0.1, 0.15) is 29.0 Å². The molecule has 0 saturated carbocycles. The first kappa shape index (κ1) is 20.9.